The Bertz CT molecular complexity index is 2880. The second-order valence-corrected chi connectivity index (χ2v) is 14.3. The molecule has 0 atom stereocenters. The molecule has 58 heavy (non-hydrogen) atoms. The molecule has 0 aliphatic rings. The van der Waals surface area contributed by atoms with Crippen molar-refractivity contribution in [1.82, 2.24) is 19.3 Å². The van der Waals surface area contributed by atoms with Crippen molar-refractivity contribution in [3.8, 4) is 57.1 Å². The molecule has 0 amide bonds. The van der Waals surface area contributed by atoms with Crippen molar-refractivity contribution < 1.29 is 35.3 Å². The Balaban J connectivity index is 0.00000469. The van der Waals surface area contributed by atoms with Crippen LogP contribution >= 0.6 is 0 Å². The number of benzene rings is 6. The summed E-state index contributed by atoms with van der Waals surface area (Å²) in [4.78, 5) is 4.72. The van der Waals surface area contributed by atoms with Gasteiger partial charge in [-0.05, 0) is 117 Å². The van der Waals surface area contributed by atoms with Gasteiger partial charge < -0.3 is 18.8 Å². The zero-order valence-electron chi connectivity index (χ0n) is 33.0. The Labute approximate surface area is 352 Å². The fourth-order valence-corrected chi connectivity index (χ4v) is 7.59. The van der Waals surface area contributed by atoms with Crippen LogP contribution < -0.4 is 14.2 Å². The first kappa shape index (κ1) is 38.4. The number of aromatic nitrogens is 4. The fraction of sp³-hybridized carbons (Fsp3) is 0.120. The predicted molar refractivity (Wildman–Crippen MR) is 227 cm³/mol. The molecular weight excluding hydrogens is 900 g/mol. The molecule has 6 aromatic carbocycles. The maximum atomic E-state index is 6.76. The first-order valence-corrected chi connectivity index (χ1v) is 19.0. The SMILES string of the molecule is Cc1ccnc(-n2c3[c-]c(Oc4[c-]c(-n5nc(C)c(-c6c(Oc7ccccc7)c(C)c(C)c(C)c6Oc6ccccc6)c5C)ccc4)ccc3c3ccccc32)c1.[Pt+2]. The molecule has 0 radical (unpaired) electrons. The number of hydrogen-bond donors (Lipinski definition) is 0. The molecule has 0 spiro atoms. The van der Waals surface area contributed by atoms with E-state index in [-0.39, 0.29) is 21.1 Å². The normalized spacial score (nSPS) is 11.1. The van der Waals surface area contributed by atoms with Gasteiger partial charge in [0.15, 0.2) is 0 Å². The molecule has 0 saturated heterocycles. The van der Waals surface area contributed by atoms with Crippen LogP contribution in [0.1, 0.15) is 33.6 Å². The summed E-state index contributed by atoms with van der Waals surface area (Å²) in [5.74, 6) is 4.87. The first-order chi connectivity index (χ1) is 27.7. The summed E-state index contributed by atoms with van der Waals surface area (Å²) in [5.41, 5.74) is 10.5. The molecule has 0 aliphatic heterocycles. The van der Waals surface area contributed by atoms with Crippen molar-refractivity contribution in [2.24, 2.45) is 0 Å². The number of rotatable bonds is 9. The molecule has 0 bridgehead atoms. The van der Waals surface area contributed by atoms with Gasteiger partial charge in [0.05, 0.1) is 11.3 Å². The van der Waals surface area contributed by atoms with Crippen LogP contribution in [0.3, 0.4) is 0 Å². The molecule has 9 aromatic rings. The zero-order chi connectivity index (χ0) is 39.2. The zero-order valence-corrected chi connectivity index (χ0v) is 35.3. The van der Waals surface area contributed by atoms with Gasteiger partial charge in [0.2, 0.25) is 0 Å². The Morgan fingerprint density at radius 1 is 0.552 bits per heavy atom. The van der Waals surface area contributed by atoms with Crippen molar-refractivity contribution in [3.05, 3.63) is 179 Å². The van der Waals surface area contributed by atoms with Crippen molar-refractivity contribution in [2.75, 3.05) is 0 Å². The molecule has 288 valence electrons. The number of fused-ring (bicyclic) bond motifs is 3. The maximum absolute atomic E-state index is 6.76. The monoisotopic (exact) mass is 939 g/mol. The van der Waals surface area contributed by atoms with Crippen LogP contribution in [-0.4, -0.2) is 19.3 Å². The summed E-state index contributed by atoms with van der Waals surface area (Å²) >= 11 is 0. The van der Waals surface area contributed by atoms with Crippen molar-refractivity contribution in [1.29, 1.82) is 0 Å². The molecule has 0 aliphatic carbocycles. The van der Waals surface area contributed by atoms with Gasteiger partial charge in [-0.25, -0.2) is 4.98 Å². The summed E-state index contributed by atoms with van der Waals surface area (Å²) in [5, 5.41) is 7.30. The first-order valence-electron chi connectivity index (χ1n) is 19.0. The van der Waals surface area contributed by atoms with E-state index in [2.05, 4.69) is 81.7 Å². The van der Waals surface area contributed by atoms with E-state index in [1.54, 1.807) is 0 Å². The summed E-state index contributed by atoms with van der Waals surface area (Å²) in [7, 11) is 0. The van der Waals surface area contributed by atoms with Crippen LogP contribution in [-0.2, 0) is 21.1 Å². The van der Waals surface area contributed by atoms with Gasteiger partial charge in [-0.3, -0.25) is 4.68 Å². The number of pyridine rings is 1. The smallest absolute Gasteiger partial charge is 0.509 e. The molecule has 7 nitrogen and oxygen atoms in total. The summed E-state index contributed by atoms with van der Waals surface area (Å²) in [6.45, 7) is 12.5. The van der Waals surface area contributed by atoms with E-state index in [0.29, 0.717) is 11.5 Å². The van der Waals surface area contributed by atoms with Crippen molar-refractivity contribution >= 4 is 21.8 Å². The Morgan fingerprint density at radius 2 is 1.19 bits per heavy atom. The summed E-state index contributed by atoms with van der Waals surface area (Å²) in [6, 6.07) is 49.1. The second-order valence-electron chi connectivity index (χ2n) is 14.3. The number of aryl methyl sites for hydroxylation is 2. The topological polar surface area (TPSA) is 63.3 Å². The van der Waals surface area contributed by atoms with Gasteiger partial charge in [-0.1, -0.05) is 60.1 Å². The predicted octanol–water partition coefficient (Wildman–Crippen LogP) is 12.9. The minimum absolute atomic E-state index is 0. The third-order valence-corrected chi connectivity index (χ3v) is 10.6. The van der Waals surface area contributed by atoms with Crippen LogP contribution in [0.15, 0.2) is 134 Å². The van der Waals surface area contributed by atoms with Crippen molar-refractivity contribution in [2.45, 2.75) is 41.5 Å². The van der Waals surface area contributed by atoms with E-state index in [0.717, 1.165) is 101 Å². The molecule has 3 aromatic heterocycles. The second kappa shape index (κ2) is 15.8. The molecule has 9 rings (SSSR count). The molecule has 0 saturated carbocycles. The number of ether oxygens (including phenoxy) is 3. The van der Waals surface area contributed by atoms with Crippen LogP contribution in [0.25, 0.3) is 44.4 Å². The maximum Gasteiger partial charge on any atom is 2.00 e. The van der Waals surface area contributed by atoms with Crippen LogP contribution in [0.4, 0.5) is 0 Å². The molecule has 0 N–H and O–H groups in total. The van der Waals surface area contributed by atoms with E-state index in [4.69, 9.17) is 24.3 Å². The van der Waals surface area contributed by atoms with Gasteiger partial charge in [-0.15, -0.1) is 35.7 Å². The molecule has 3 heterocycles. The summed E-state index contributed by atoms with van der Waals surface area (Å²) < 4.78 is 24.1. The molecular formula is C50H40N4O3Pt. The van der Waals surface area contributed by atoms with Crippen LogP contribution in [0.2, 0.25) is 0 Å². The van der Waals surface area contributed by atoms with Crippen molar-refractivity contribution in [3.63, 3.8) is 0 Å². The number of para-hydroxylation sites is 3. The van der Waals surface area contributed by atoms with Gasteiger partial charge in [0.25, 0.3) is 0 Å². The average molecular weight is 940 g/mol. The van der Waals surface area contributed by atoms with Gasteiger partial charge in [-0.2, -0.15) is 17.2 Å². The Hall–Kier alpha value is -6.43. The standard InChI is InChI=1S/C50H40N4O3.Pt/c1-31-26-27-51-46(28-31)53-44-23-14-13-22-42(44)43-25-24-41(30-45(43)53)55-40-21-15-16-37(29-40)54-36(6)47(35(5)52-54)48-49(56-38-17-9-7-10-18-38)33(3)32(2)34(4)50(48)57-39-19-11-8-12-20-39;/h7-28H,1-6H3;/q-2;+2. The fourth-order valence-electron chi connectivity index (χ4n) is 7.59. The third kappa shape index (κ3) is 6.96. The largest absolute Gasteiger partial charge is 2.00 e. The average Bonchev–Trinajstić information content (AvgIpc) is 3.72. The van der Waals surface area contributed by atoms with Gasteiger partial charge in [0.1, 0.15) is 28.8 Å². The minimum atomic E-state index is 0. The summed E-state index contributed by atoms with van der Waals surface area (Å²) in [6.07, 6.45) is 1.84. The Morgan fingerprint density at radius 3 is 1.86 bits per heavy atom. The number of nitrogens with zero attached hydrogens (tertiary/aromatic N) is 4. The van der Waals surface area contributed by atoms with E-state index in [9.17, 15) is 0 Å². The number of hydrogen-bond acceptors (Lipinski definition) is 5. The van der Waals surface area contributed by atoms with Gasteiger partial charge >= 0.3 is 21.1 Å². The quantitative estimate of drug-likeness (QED) is 0.135. The third-order valence-electron chi connectivity index (χ3n) is 10.6. The Kier molecular flexibility index (Phi) is 10.5. The molecule has 0 unspecified atom stereocenters. The molecule has 8 heteroatoms. The van der Waals surface area contributed by atoms with Crippen LogP contribution in [0, 0.1) is 53.7 Å². The molecule has 0 fully saturated rings. The minimum Gasteiger partial charge on any atom is -0.509 e. The van der Waals surface area contributed by atoms with E-state index in [1.165, 1.54) is 0 Å². The van der Waals surface area contributed by atoms with E-state index in [1.807, 2.05) is 115 Å². The van der Waals surface area contributed by atoms with Gasteiger partial charge in [0, 0.05) is 34.5 Å². The van der Waals surface area contributed by atoms with E-state index >= 15 is 0 Å². The van der Waals surface area contributed by atoms with E-state index < -0.39 is 0 Å². The van der Waals surface area contributed by atoms with Crippen LogP contribution in [0.5, 0.6) is 34.5 Å².